The Hall–Kier alpha value is -1.89. The van der Waals surface area contributed by atoms with Crippen molar-refractivity contribution in [1.29, 1.82) is 0 Å². The van der Waals surface area contributed by atoms with Crippen LogP contribution in [0.1, 0.15) is 38.3 Å². The predicted octanol–water partition coefficient (Wildman–Crippen LogP) is 5.29. The number of allylic oxidation sites excluding steroid dienone is 5. The summed E-state index contributed by atoms with van der Waals surface area (Å²) in [6, 6.07) is 11.0. The van der Waals surface area contributed by atoms with Crippen LogP contribution in [-0.2, 0) is 0 Å². The van der Waals surface area contributed by atoms with Gasteiger partial charge in [-0.05, 0) is 30.4 Å². The van der Waals surface area contributed by atoms with E-state index in [2.05, 4.69) is 74.6 Å². The zero-order chi connectivity index (χ0) is 14.7. The lowest BCUT2D eigenvalue weighted by atomic mass is 9.85. The Balaban J connectivity index is 1.93. The van der Waals surface area contributed by atoms with E-state index < -0.39 is 0 Å². The van der Waals surface area contributed by atoms with Gasteiger partial charge < -0.3 is 0 Å². The van der Waals surface area contributed by atoms with Crippen molar-refractivity contribution >= 4 is 5.71 Å². The van der Waals surface area contributed by atoms with Crippen molar-refractivity contribution in [2.75, 3.05) is 0 Å². The molecule has 0 amide bonds. The number of benzene rings is 1. The van der Waals surface area contributed by atoms with Crippen molar-refractivity contribution in [2.45, 2.75) is 32.7 Å². The van der Waals surface area contributed by atoms with Gasteiger partial charge in [0.2, 0.25) is 0 Å². The van der Waals surface area contributed by atoms with Crippen LogP contribution in [-0.4, -0.2) is 5.71 Å². The van der Waals surface area contributed by atoms with Crippen LogP contribution in [0.3, 0.4) is 0 Å². The average molecular weight is 277 g/mol. The van der Waals surface area contributed by atoms with Gasteiger partial charge in [-0.2, -0.15) is 0 Å². The summed E-state index contributed by atoms with van der Waals surface area (Å²) in [7, 11) is 0. The summed E-state index contributed by atoms with van der Waals surface area (Å²) in [6.07, 6.45) is 13.3. The first-order chi connectivity index (χ1) is 10.2. The molecule has 1 nitrogen and oxygen atoms in total. The molecule has 1 aromatic carbocycles. The zero-order valence-corrected chi connectivity index (χ0v) is 12.9. The van der Waals surface area contributed by atoms with Gasteiger partial charge in [0.1, 0.15) is 0 Å². The minimum Gasteiger partial charge on any atom is -0.281 e. The quantitative estimate of drug-likeness (QED) is 0.712. The third-order valence-corrected chi connectivity index (χ3v) is 4.35. The highest BCUT2D eigenvalue weighted by Gasteiger charge is 2.23. The van der Waals surface area contributed by atoms with E-state index in [0.29, 0.717) is 11.8 Å². The van der Waals surface area contributed by atoms with E-state index >= 15 is 0 Å². The Morgan fingerprint density at radius 2 is 1.90 bits per heavy atom. The summed E-state index contributed by atoms with van der Waals surface area (Å²) in [5, 5.41) is 0. The number of hydrogen-bond acceptors (Lipinski definition) is 1. The minimum absolute atomic E-state index is 0.280. The summed E-state index contributed by atoms with van der Waals surface area (Å²) in [5.74, 6) is 1.03. The molecule has 0 bridgehead atoms. The van der Waals surface area contributed by atoms with Gasteiger partial charge in [0.15, 0.2) is 0 Å². The molecule has 1 aliphatic heterocycles. The number of nitrogens with zero attached hydrogens (tertiary/aromatic N) is 1. The Kier molecular flexibility index (Phi) is 4.19. The molecule has 0 spiro atoms. The largest absolute Gasteiger partial charge is 0.281 e. The molecule has 1 heteroatoms. The molecule has 21 heavy (non-hydrogen) atoms. The van der Waals surface area contributed by atoms with Crippen molar-refractivity contribution in [3.8, 4) is 0 Å². The zero-order valence-electron chi connectivity index (χ0n) is 12.9. The molecule has 2 unspecified atom stereocenters. The Morgan fingerprint density at radius 3 is 2.57 bits per heavy atom. The van der Waals surface area contributed by atoms with Crippen LogP contribution in [0.4, 0.5) is 0 Å². The van der Waals surface area contributed by atoms with E-state index in [9.17, 15) is 0 Å². The van der Waals surface area contributed by atoms with Crippen LogP contribution in [0, 0.1) is 11.8 Å². The predicted molar refractivity (Wildman–Crippen MR) is 90.5 cm³/mol. The highest BCUT2D eigenvalue weighted by molar-refractivity contribution is 5.99. The highest BCUT2D eigenvalue weighted by Crippen LogP contribution is 2.34. The standard InChI is InChI=1S/C20H23N/c1-15(2)18-13-19(16-9-5-3-6-10-16)21-20(14-18)17-11-7-4-8-12-17/h3-11,14-15,17,19H,12-13H2,1-2H3. The second-order valence-corrected chi connectivity index (χ2v) is 6.21. The monoisotopic (exact) mass is 277 g/mol. The molecule has 0 saturated carbocycles. The van der Waals surface area contributed by atoms with Crippen LogP contribution in [0.2, 0.25) is 0 Å². The number of dihydropyridines is 1. The lowest BCUT2D eigenvalue weighted by Crippen LogP contribution is -2.18. The lowest BCUT2D eigenvalue weighted by molar-refractivity contribution is 0.621. The molecule has 0 N–H and O–H groups in total. The first kappa shape index (κ1) is 14.1. The molecular formula is C20H23N. The molecule has 2 atom stereocenters. The van der Waals surface area contributed by atoms with Gasteiger partial charge in [-0.25, -0.2) is 0 Å². The van der Waals surface area contributed by atoms with Gasteiger partial charge in [0.05, 0.1) is 6.04 Å². The van der Waals surface area contributed by atoms with Crippen LogP contribution >= 0.6 is 0 Å². The summed E-state index contributed by atoms with van der Waals surface area (Å²) in [5.41, 5.74) is 4.10. The first-order valence-electron chi connectivity index (χ1n) is 7.90. The second-order valence-electron chi connectivity index (χ2n) is 6.21. The number of aliphatic imine (C=N–C) groups is 1. The van der Waals surface area contributed by atoms with Gasteiger partial charge in [0, 0.05) is 11.6 Å². The smallest absolute Gasteiger partial charge is 0.0789 e. The Labute approximate surface area is 127 Å². The minimum atomic E-state index is 0.280. The Morgan fingerprint density at radius 1 is 1.10 bits per heavy atom. The molecule has 1 aliphatic carbocycles. The van der Waals surface area contributed by atoms with Crippen molar-refractivity contribution in [2.24, 2.45) is 16.8 Å². The van der Waals surface area contributed by atoms with E-state index in [4.69, 9.17) is 4.99 Å². The van der Waals surface area contributed by atoms with E-state index in [0.717, 1.165) is 12.8 Å². The first-order valence-corrected chi connectivity index (χ1v) is 7.90. The van der Waals surface area contributed by atoms with Gasteiger partial charge in [-0.15, -0.1) is 0 Å². The van der Waals surface area contributed by atoms with Gasteiger partial charge >= 0.3 is 0 Å². The van der Waals surface area contributed by atoms with Crippen LogP contribution in [0.15, 0.2) is 71.3 Å². The van der Waals surface area contributed by atoms with Gasteiger partial charge in [0.25, 0.3) is 0 Å². The van der Waals surface area contributed by atoms with E-state index in [1.54, 1.807) is 0 Å². The van der Waals surface area contributed by atoms with Crippen molar-refractivity contribution in [3.05, 3.63) is 71.8 Å². The van der Waals surface area contributed by atoms with Gasteiger partial charge in [-0.3, -0.25) is 4.99 Å². The Bertz CT molecular complexity index is 602. The fourth-order valence-electron chi connectivity index (χ4n) is 3.01. The van der Waals surface area contributed by atoms with Crippen LogP contribution < -0.4 is 0 Å². The SMILES string of the molecule is CC(C)C1=CC(C2C=CC=CC2)=NC(c2ccccc2)C1. The van der Waals surface area contributed by atoms with Crippen molar-refractivity contribution in [3.63, 3.8) is 0 Å². The molecule has 1 aromatic rings. The molecular weight excluding hydrogens is 254 g/mol. The molecule has 1 heterocycles. The fraction of sp³-hybridized carbons (Fsp3) is 0.350. The maximum atomic E-state index is 5.06. The molecule has 108 valence electrons. The molecule has 0 fully saturated rings. The maximum Gasteiger partial charge on any atom is 0.0789 e. The topological polar surface area (TPSA) is 12.4 Å². The molecule has 0 aromatic heterocycles. The molecule has 2 aliphatic rings. The van der Waals surface area contributed by atoms with Crippen LogP contribution in [0.25, 0.3) is 0 Å². The average Bonchev–Trinajstić information content (AvgIpc) is 2.56. The van der Waals surface area contributed by atoms with E-state index in [-0.39, 0.29) is 6.04 Å². The number of rotatable bonds is 3. The normalized spacial score (nSPS) is 24.9. The second kappa shape index (κ2) is 6.26. The summed E-state index contributed by atoms with van der Waals surface area (Å²) < 4.78 is 0. The van der Waals surface area contributed by atoms with E-state index in [1.165, 1.54) is 16.8 Å². The molecule has 0 saturated heterocycles. The molecule has 0 radical (unpaired) electrons. The lowest BCUT2D eigenvalue weighted by Gasteiger charge is -2.26. The molecule has 3 rings (SSSR count). The number of hydrogen-bond donors (Lipinski definition) is 0. The van der Waals surface area contributed by atoms with E-state index in [1.807, 2.05) is 0 Å². The van der Waals surface area contributed by atoms with Crippen LogP contribution in [0.5, 0.6) is 0 Å². The highest BCUT2D eigenvalue weighted by atomic mass is 14.8. The summed E-state index contributed by atoms with van der Waals surface area (Å²) in [6.45, 7) is 4.57. The van der Waals surface area contributed by atoms with Crippen molar-refractivity contribution in [1.82, 2.24) is 0 Å². The van der Waals surface area contributed by atoms with Gasteiger partial charge in [-0.1, -0.05) is 74.1 Å². The summed E-state index contributed by atoms with van der Waals surface area (Å²) >= 11 is 0. The summed E-state index contributed by atoms with van der Waals surface area (Å²) in [4.78, 5) is 5.06. The third kappa shape index (κ3) is 3.24. The third-order valence-electron chi connectivity index (χ3n) is 4.35. The van der Waals surface area contributed by atoms with Crippen molar-refractivity contribution < 1.29 is 0 Å². The maximum absolute atomic E-state index is 5.06. The fourth-order valence-corrected chi connectivity index (χ4v) is 3.01.